The number of morpholine rings is 1. The third kappa shape index (κ3) is 2.29. The van der Waals surface area contributed by atoms with Crippen LogP contribution in [0.1, 0.15) is 18.4 Å². The number of nitrogens with one attached hydrogen (secondary N) is 1. The van der Waals surface area contributed by atoms with Crippen molar-refractivity contribution in [3.63, 3.8) is 0 Å². The van der Waals surface area contributed by atoms with E-state index >= 15 is 0 Å². The molecule has 4 rings (SSSR count). The Bertz CT molecular complexity index is 640. The third-order valence-corrected chi connectivity index (χ3v) is 5.15. The number of carbonyl (C=O) groups is 1. The van der Waals surface area contributed by atoms with Crippen LogP contribution in [0, 0.1) is 11.8 Å². The Hall–Kier alpha value is -1.59. The van der Waals surface area contributed by atoms with E-state index in [2.05, 4.69) is 27.6 Å². The van der Waals surface area contributed by atoms with Gasteiger partial charge in [0.1, 0.15) is 0 Å². The quantitative estimate of drug-likeness (QED) is 0.907. The SMILES string of the molecule is O=C1NN=C(c2ccc(N3CCOCC3)c(Cl)c2)[C@@H]2CC[C@H]12. The normalized spacial score (nSPS) is 27.6. The summed E-state index contributed by atoms with van der Waals surface area (Å²) in [6.07, 6.45) is 1.98. The summed E-state index contributed by atoms with van der Waals surface area (Å²) < 4.78 is 5.38. The maximum Gasteiger partial charge on any atom is 0.243 e. The van der Waals surface area contributed by atoms with E-state index in [9.17, 15) is 4.79 Å². The van der Waals surface area contributed by atoms with E-state index in [0.29, 0.717) is 0 Å². The molecule has 116 valence electrons. The number of halogens is 1. The van der Waals surface area contributed by atoms with Crippen molar-refractivity contribution in [2.45, 2.75) is 12.8 Å². The standard InChI is InChI=1S/C16H18ClN3O2/c17-13-9-10(1-4-14(13)20-5-7-22-8-6-20)15-11-2-3-12(11)16(21)19-18-15/h1,4,9,11-12H,2-3,5-8H2,(H,19,21)/t11-,12+/m1/s1. The first-order valence-electron chi connectivity index (χ1n) is 7.74. The molecule has 2 heterocycles. The second-order valence-corrected chi connectivity index (χ2v) is 6.44. The van der Waals surface area contributed by atoms with Crippen molar-refractivity contribution in [1.29, 1.82) is 0 Å². The summed E-state index contributed by atoms with van der Waals surface area (Å²) in [6, 6.07) is 6.08. The monoisotopic (exact) mass is 319 g/mol. The molecule has 1 aromatic carbocycles. The van der Waals surface area contributed by atoms with Gasteiger partial charge in [-0.3, -0.25) is 4.79 Å². The Balaban J connectivity index is 1.61. The van der Waals surface area contributed by atoms with E-state index in [1.807, 2.05) is 6.07 Å². The van der Waals surface area contributed by atoms with Gasteiger partial charge in [-0.05, 0) is 30.5 Å². The highest BCUT2D eigenvalue weighted by Crippen LogP contribution is 2.40. The molecule has 1 N–H and O–H groups in total. The zero-order chi connectivity index (χ0) is 15.1. The minimum atomic E-state index is 0.0519. The fourth-order valence-corrected chi connectivity index (χ4v) is 3.73. The van der Waals surface area contributed by atoms with Crippen LogP contribution in [0.25, 0.3) is 0 Å². The van der Waals surface area contributed by atoms with Crippen LogP contribution in [0.2, 0.25) is 5.02 Å². The number of nitrogens with zero attached hydrogens (tertiary/aromatic N) is 2. The molecule has 1 aliphatic carbocycles. The van der Waals surface area contributed by atoms with Crippen LogP contribution in [0.3, 0.4) is 0 Å². The second kappa shape index (κ2) is 5.56. The molecule has 0 radical (unpaired) electrons. The van der Waals surface area contributed by atoms with E-state index in [4.69, 9.17) is 16.3 Å². The van der Waals surface area contributed by atoms with E-state index < -0.39 is 0 Å². The minimum Gasteiger partial charge on any atom is -0.378 e. The molecule has 1 amide bonds. The lowest BCUT2D eigenvalue weighted by Gasteiger charge is -2.39. The number of hydrogen-bond donors (Lipinski definition) is 1. The maximum atomic E-state index is 11.7. The molecule has 0 bridgehead atoms. The molecule has 2 aliphatic heterocycles. The van der Waals surface area contributed by atoms with Crippen molar-refractivity contribution < 1.29 is 9.53 Å². The van der Waals surface area contributed by atoms with Crippen LogP contribution in [-0.2, 0) is 9.53 Å². The molecule has 0 spiro atoms. The number of amides is 1. The summed E-state index contributed by atoms with van der Waals surface area (Å²) >= 11 is 6.49. The average molecular weight is 320 g/mol. The van der Waals surface area contributed by atoms with Gasteiger partial charge in [-0.2, -0.15) is 5.10 Å². The Labute approximate surface area is 134 Å². The Kier molecular flexibility index (Phi) is 3.54. The molecule has 1 saturated carbocycles. The van der Waals surface area contributed by atoms with Gasteiger partial charge in [-0.15, -0.1) is 0 Å². The zero-order valence-electron chi connectivity index (χ0n) is 12.2. The highest BCUT2D eigenvalue weighted by Gasteiger charge is 2.42. The molecule has 3 aliphatic rings. The maximum absolute atomic E-state index is 11.7. The lowest BCUT2D eigenvalue weighted by molar-refractivity contribution is -0.129. The molecular weight excluding hydrogens is 302 g/mol. The summed E-state index contributed by atoms with van der Waals surface area (Å²) in [5, 5.41) is 5.00. The summed E-state index contributed by atoms with van der Waals surface area (Å²) in [7, 11) is 0. The molecule has 6 heteroatoms. The Morgan fingerprint density at radius 1 is 1.23 bits per heavy atom. The van der Waals surface area contributed by atoms with Crippen molar-refractivity contribution in [3.05, 3.63) is 28.8 Å². The van der Waals surface area contributed by atoms with E-state index in [0.717, 1.165) is 61.1 Å². The van der Waals surface area contributed by atoms with Gasteiger partial charge in [-0.25, -0.2) is 5.43 Å². The van der Waals surface area contributed by atoms with Crippen molar-refractivity contribution in [2.75, 3.05) is 31.2 Å². The summed E-state index contributed by atoms with van der Waals surface area (Å²) in [5.74, 6) is 0.389. The average Bonchev–Trinajstić information content (AvgIpc) is 2.50. The number of ether oxygens (including phenoxy) is 1. The number of rotatable bonds is 2. The second-order valence-electron chi connectivity index (χ2n) is 6.03. The topological polar surface area (TPSA) is 53.9 Å². The molecular formula is C16H18ClN3O2. The van der Waals surface area contributed by atoms with Gasteiger partial charge in [0.2, 0.25) is 5.91 Å². The van der Waals surface area contributed by atoms with Gasteiger partial charge in [0.25, 0.3) is 0 Å². The van der Waals surface area contributed by atoms with Gasteiger partial charge < -0.3 is 9.64 Å². The number of hydrogen-bond acceptors (Lipinski definition) is 4. The molecule has 0 aromatic heterocycles. The lowest BCUT2D eigenvalue weighted by Crippen LogP contribution is -2.47. The van der Waals surface area contributed by atoms with E-state index in [-0.39, 0.29) is 17.7 Å². The molecule has 2 atom stereocenters. The smallest absolute Gasteiger partial charge is 0.243 e. The molecule has 5 nitrogen and oxygen atoms in total. The first kappa shape index (κ1) is 14.0. The van der Waals surface area contributed by atoms with E-state index in [1.54, 1.807) is 0 Å². The fraction of sp³-hybridized carbons (Fsp3) is 0.500. The number of hydrazone groups is 1. The number of fused-ring (bicyclic) bond motifs is 1. The van der Waals surface area contributed by atoms with Gasteiger partial charge in [-0.1, -0.05) is 17.7 Å². The summed E-state index contributed by atoms with van der Waals surface area (Å²) in [5.41, 5.74) is 5.65. The Morgan fingerprint density at radius 3 is 2.68 bits per heavy atom. The summed E-state index contributed by atoms with van der Waals surface area (Å²) in [4.78, 5) is 13.9. The highest BCUT2D eigenvalue weighted by molar-refractivity contribution is 6.33. The molecule has 0 unspecified atom stereocenters. The predicted molar refractivity (Wildman–Crippen MR) is 85.4 cm³/mol. The number of carbonyl (C=O) groups excluding carboxylic acids is 1. The highest BCUT2D eigenvalue weighted by atomic mass is 35.5. The van der Waals surface area contributed by atoms with E-state index in [1.165, 1.54) is 0 Å². The predicted octanol–water partition coefficient (Wildman–Crippen LogP) is 2.04. The van der Waals surface area contributed by atoms with Crippen LogP contribution in [-0.4, -0.2) is 37.9 Å². The van der Waals surface area contributed by atoms with Crippen molar-refractivity contribution in [3.8, 4) is 0 Å². The van der Waals surface area contributed by atoms with Crippen LogP contribution in [0.4, 0.5) is 5.69 Å². The van der Waals surface area contributed by atoms with Gasteiger partial charge in [0.05, 0.1) is 29.6 Å². The minimum absolute atomic E-state index is 0.0519. The first-order chi connectivity index (χ1) is 10.7. The summed E-state index contributed by atoms with van der Waals surface area (Å²) in [6.45, 7) is 3.20. The Morgan fingerprint density at radius 2 is 2.00 bits per heavy atom. The van der Waals surface area contributed by atoms with Crippen molar-refractivity contribution >= 4 is 28.9 Å². The van der Waals surface area contributed by atoms with Crippen molar-refractivity contribution in [1.82, 2.24) is 5.43 Å². The van der Waals surface area contributed by atoms with Crippen molar-refractivity contribution in [2.24, 2.45) is 16.9 Å². The lowest BCUT2D eigenvalue weighted by atomic mass is 9.68. The largest absolute Gasteiger partial charge is 0.378 e. The van der Waals surface area contributed by atoms with Crippen LogP contribution < -0.4 is 10.3 Å². The third-order valence-electron chi connectivity index (χ3n) is 4.84. The molecule has 22 heavy (non-hydrogen) atoms. The van der Waals surface area contributed by atoms with Gasteiger partial charge >= 0.3 is 0 Å². The van der Waals surface area contributed by atoms with Crippen LogP contribution in [0.5, 0.6) is 0 Å². The van der Waals surface area contributed by atoms with Gasteiger partial charge in [0, 0.05) is 24.9 Å². The zero-order valence-corrected chi connectivity index (χ0v) is 13.0. The fourth-order valence-electron chi connectivity index (χ4n) is 3.43. The van der Waals surface area contributed by atoms with Crippen LogP contribution >= 0.6 is 11.6 Å². The van der Waals surface area contributed by atoms with Gasteiger partial charge in [0.15, 0.2) is 0 Å². The first-order valence-corrected chi connectivity index (χ1v) is 8.12. The number of anilines is 1. The molecule has 1 saturated heterocycles. The van der Waals surface area contributed by atoms with Crippen LogP contribution in [0.15, 0.2) is 23.3 Å². The molecule has 2 fully saturated rings. The molecule has 1 aromatic rings. The number of benzene rings is 1.